The summed E-state index contributed by atoms with van der Waals surface area (Å²) >= 11 is 0. The quantitative estimate of drug-likeness (QED) is 0.0538. The lowest BCUT2D eigenvalue weighted by Gasteiger charge is -2.13. The number of hydrogen-bond acceptors (Lipinski definition) is 10. The summed E-state index contributed by atoms with van der Waals surface area (Å²) in [4.78, 5) is 12.5. The number of fused-ring (bicyclic) bond motifs is 1. The molecule has 1 amide bonds. The lowest BCUT2D eigenvalue weighted by Crippen LogP contribution is -2.15. The molecule has 0 aliphatic heterocycles. The van der Waals surface area contributed by atoms with Crippen molar-refractivity contribution in [2.75, 3.05) is 17.6 Å². The molecule has 0 saturated carbocycles. The molecule has 0 radical (unpaired) electrons. The van der Waals surface area contributed by atoms with Crippen LogP contribution in [0.3, 0.4) is 0 Å². The number of phenolic OH excluding ortho intramolecular Hbond substituents is 1. The maximum Gasteiger partial charge on any atom is 0.296 e. The summed E-state index contributed by atoms with van der Waals surface area (Å²) < 4.78 is 66.6. The lowest BCUT2D eigenvalue weighted by molar-refractivity contribution is -0.114. The minimum absolute atomic E-state index is 0.204. The molecular formula is C26H23N7O8S2. The van der Waals surface area contributed by atoms with Gasteiger partial charge in [0.15, 0.2) is 5.75 Å². The van der Waals surface area contributed by atoms with E-state index >= 15 is 0 Å². The molecule has 15 nitrogen and oxygen atoms in total. The van der Waals surface area contributed by atoms with Crippen LogP contribution < -0.4 is 11.1 Å². The summed E-state index contributed by atoms with van der Waals surface area (Å²) in [5.41, 5.74) is 17.4. The second-order valence-electron chi connectivity index (χ2n) is 9.26. The average molecular weight is 626 g/mol. The first-order valence-electron chi connectivity index (χ1n) is 12.1. The molecule has 0 saturated heterocycles. The van der Waals surface area contributed by atoms with E-state index in [9.17, 15) is 35.8 Å². The standard InChI is InChI=1S/C26H23N7O8S2/c1-13-9-15(3-6-18(13)30-23(34)12-29-33-28)16-4-7-19(14(2)10-16)31-32-20-8-5-17-21(42(36,37)38)11-22(43(39,40)41)25(27)24(17)26(20)35/h3-11,35H,12,27H2,1-2H3,(H,30,34)(H,36,37,38)(H,39,40,41). The van der Waals surface area contributed by atoms with Gasteiger partial charge in [-0.05, 0) is 78.0 Å². The Balaban J connectivity index is 1.69. The topological polar surface area (TPSA) is 258 Å². The first kappa shape index (κ1) is 30.9. The third-order valence-corrected chi connectivity index (χ3v) is 8.14. The van der Waals surface area contributed by atoms with Gasteiger partial charge in [-0.1, -0.05) is 23.3 Å². The first-order valence-corrected chi connectivity index (χ1v) is 15.0. The number of aryl methyl sites for hydroxylation is 2. The third-order valence-electron chi connectivity index (χ3n) is 6.35. The number of azo groups is 1. The molecule has 17 heteroatoms. The van der Waals surface area contributed by atoms with Gasteiger partial charge in [-0.15, -0.1) is 5.11 Å². The Morgan fingerprint density at radius 3 is 2.05 bits per heavy atom. The van der Waals surface area contributed by atoms with E-state index in [1.54, 1.807) is 31.2 Å². The number of hydrogen-bond donors (Lipinski definition) is 5. The predicted molar refractivity (Wildman–Crippen MR) is 158 cm³/mol. The van der Waals surface area contributed by atoms with Crippen LogP contribution in [0.5, 0.6) is 5.75 Å². The van der Waals surface area contributed by atoms with Crippen LogP contribution in [-0.2, 0) is 25.0 Å². The van der Waals surface area contributed by atoms with Crippen molar-refractivity contribution in [1.82, 2.24) is 0 Å². The number of nitrogens with one attached hydrogen (secondary N) is 1. The number of carbonyl (C=O) groups excluding carboxylic acids is 1. The van der Waals surface area contributed by atoms with Crippen LogP contribution in [0.15, 0.2) is 79.7 Å². The zero-order chi connectivity index (χ0) is 31.7. The SMILES string of the molecule is Cc1cc(-c2ccc(NC(=O)CN=[N+]=[N-])c(C)c2)ccc1N=Nc1ccc2c(S(=O)(=O)O)cc(S(=O)(=O)O)c(N)c2c1O. The Hall–Kier alpha value is -5.06. The van der Waals surface area contributed by atoms with Crippen LogP contribution in [0.2, 0.25) is 0 Å². The molecule has 0 unspecified atom stereocenters. The van der Waals surface area contributed by atoms with Gasteiger partial charge in [0.1, 0.15) is 22.0 Å². The number of aromatic hydroxyl groups is 1. The number of rotatable bonds is 8. The Morgan fingerprint density at radius 1 is 0.884 bits per heavy atom. The molecule has 0 heterocycles. The fourth-order valence-corrected chi connectivity index (χ4v) is 5.72. The molecule has 43 heavy (non-hydrogen) atoms. The van der Waals surface area contributed by atoms with Gasteiger partial charge < -0.3 is 16.2 Å². The largest absolute Gasteiger partial charge is 0.505 e. The highest BCUT2D eigenvalue weighted by molar-refractivity contribution is 7.87. The molecule has 0 atom stereocenters. The molecule has 0 fully saturated rings. The molecule has 4 aromatic rings. The van der Waals surface area contributed by atoms with Gasteiger partial charge in [0.2, 0.25) is 5.91 Å². The molecule has 4 aromatic carbocycles. The predicted octanol–water partition coefficient (Wildman–Crippen LogP) is 5.57. The van der Waals surface area contributed by atoms with Crippen LogP contribution in [0.1, 0.15) is 11.1 Å². The minimum atomic E-state index is -5.04. The van der Waals surface area contributed by atoms with Crippen molar-refractivity contribution in [2.24, 2.45) is 15.3 Å². The Morgan fingerprint density at radius 2 is 1.47 bits per heavy atom. The molecule has 6 N–H and O–H groups in total. The van der Waals surface area contributed by atoms with Gasteiger partial charge in [-0.2, -0.15) is 21.9 Å². The van der Waals surface area contributed by atoms with Gasteiger partial charge >= 0.3 is 0 Å². The molecule has 0 aromatic heterocycles. The van der Waals surface area contributed by atoms with E-state index in [0.29, 0.717) is 23.0 Å². The number of carbonyl (C=O) groups is 1. The molecule has 0 aliphatic rings. The fraction of sp³-hybridized carbons (Fsp3) is 0.115. The van der Waals surface area contributed by atoms with Crippen molar-refractivity contribution in [2.45, 2.75) is 23.6 Å². The maximum absolute atomic E-state index is 11.9. The highest BCUT2D eigenvalue weighted by Gasteiger charge is 2.26. The Kier molecular flexibility index (Phi) is 8.38. The second kappa shape index (κ2) is 11.7. The van der Waals surface area contributed by atoms with E-state index in [0.717, 1.165) is 22.8 Å². The average Bonchev–Trinajstić information content (AvgIpc) is 2.91. The molecule has 4 rings (SSSR count). The Labute approximate surface area is 244 Å². The molecule has 222 valence electrons. The van der Waals surface area contributed by atoms with E-state index in [-0.39, 0.29) is 17.6 Å². The molecule has 0 aliphatic carbocycles. The van der Waals surface area contributed by atoms with Crippen LogP contribution in [0.25, 0.3) is 32.3 Å². The zero-order valence-electron chi connectivity index (χ0n) is 22.4. The van der Waals surface area contributed by atoms with Crippen molar-refractivity contribution in [1.29, 1.82) is 0 Å². The van der Waals surface area contributed by atoms with E-state index < -0.39 is 52.8 Å². The minimum Gasteiger partial charge on any atom is -0.505 e. The first-order chi connectivity index (χ1) is 20.1. The number of azide groups is 1. The van der Waals surface area contributed by atoms with E-state index in [4.69, 9.17) is 11.3 Å². The van der Waals surface area contributed by atoms with Gasteiger partial charge in [-0.3, -0.25) is 13.9 Å². The highest BCUT2D eigenvalue weighted by atomic mass is 32.2. The maximum atomic E-state index is 11.9. The number of benzene rings is 4. The second-order valence-corrected chi connectivity index (χ2v) is 12.0. The van der Waals surface area contributed by atoms with Gasteiger partial charge in [-0.25, -0.2) is 0 Å². The van der Waals surface area contributed by atoms with Crippen LogP contribution >= 0.6 is 0 Å². The zero-order valence-corrected chi connectivity index (χ0v) is 24.0. The number of nitrogens with zero attached hydrogens (tertiary/aromatic N) is 5. The highest BCUT2D eigenvalue weighted by Crippen LogP contribution is 2.43. The molecule has 0 bridgehead atoms. The van der Waals surface area contributed by atoms with Crippen molar-refractivity contribution >= 4 is 59.7 Å². The summed E-state index contributed by atoms with van der Waals surface area (Å²) in [5, 5.41) is 24.1. The van der Waals surface area contributed by atoms with Crippen molar-refractivity contribution in [3.63, 3.8) is 0 Å². The number of amides is 1. The monoisotopic (exact) mass is 625 g/mol. The summed E-state index contributed by atoms with van der Waals surface area (Å²) in [6, 6.07) is 13.5. The van der Waals surface area contributed by atoms with Gasteiger partial charge in [0.25, 0.3) is 20.2 Å². The summed E-state index contributed by atoms with van der Waals surface area (Å²) in [6.45, 7) is 3.25. The van der Waals surface area contributed by atoms with Crippen molar-refractivity contribution < 1.29 is 35.8 Å². The number of nitrogen functional groups attached to an aromatic ring is 1. The summed E-state index contributed by atoms with van der Waals surface area (Å²) in [6.07, 6.45) is 0. The normalized spacial score (nSPS) is 11.9. The van der Waals surface area contributed by atoms with E-state index in [2.05, 4.69) is 25.6 Å². The molecule has 0 spiro atoms. The lowest BCUT2D eigenvalue weighted by atomic mass is 10.00. The van der Waals surface area contributed by atoms with Crippen molar-refractivity contribution in [3.05, 3.63) is 76.2 Å². The number of anilines is 2. The Bertz CT molecular complexity index is 2110. The number of phenols is 1. The van der Waals surface area contributed by atoms with Crippen LogP contribution in [0, 0.1) is 13.8 Å². The summed E-state index contributed by atoms with van der Waals surface area (Å²) in [5.74, 6) is -1.18. The smallest absolute Gasteiger partial charge is 0.296 e. The fourth-order valence-electron chi connectivity index (χ4n) is 4.29. The van der Waals surface area contributed by atoms with Crippen LogP contribution in [0.4, 0.5) is 22.7 Å². The van der Waals surface area contributed by atoms with Crippen molar-refractivity contribution in [3.8, 4) is 16.9 Å². The van der Waals surface area contributed by atoms with Gasteiger partial charge in [0, 0.05) is 16.0 Å². The number of nitrogens with two attached hydrogens (primary N) is 1. The van der Waals surface area contributed by atoms with Gasteiger partial charge in [0.05, 0.1) is 16.8 Å². The van der Waals surface area contributed by atoms with E-state index in [1.807, 2.05) is 19.1 Å². The van der Waals surface area contributed by atoms with Crippen LogP contribution in [-0.4, -0.2) is 43.5 Å². The van der Waals surface area contributed by atoms with E-state index in [1.165, 1.54) is 6.07 Å². The summed E-state index contributed by atoms with van der Waals surface area (Å²) in [7, 11) is -10.0. The molecular weight excluding hydrogens is 602 g/mol. The third kappa shape index (κ3) is 6.56.